The summed E-state index contributed by atoms with van der Waals surface area (Å²) in [6.07, 6.45) is 10.5. The lowest BCUT2D eigenvalue weighted by atomic mass is 9.86. The average Bonchev–Trinajstić information content (AvgIpc) is 3.28. The van der Waals surface area contributed by atoms with E-state index in [0.717, 1.165) is 58.1 Å². The van der Waals surface area contributed by atoms with Gasteiger partial charge in [-0.15, -0.1) is 0 Å². The van der Waals surface area contributed by atoms with Crippen LogP contribution in [-0.2, 0) is 0 Å². The van der Waals surface area contributed by atoms with Crippen LogP contribution in [0.1, 0.15) is 31.7 Å². The highest BCUT2D eigenvalue weighted by atomic mass is 15.1. The first-order valence-electron chi connectivity index (χ1n) is 11.8. The van der Waals surface area contributed by atoms with Crippen molar-refractivity contribution in [2.75, 3.05) is 6.54 Å². The van der Waals surface area contributed by atoms with Gasteiger partial charge in [-0.05, 0) is 55.8 Å². The van der Waals surface area contributed by atoms with Crippen LogP contribution in [0.2, 0.25) is 0 Å². The molecule has 0 amide bonds. The first kappa shape index (κ1) is 20.1. The Morgan fingerprint density at radius 3 is 2.55 bits per heavy atom. The van der Waals surface area contributed by atoms with Crippen LogP contribution in [0.25, 0.3) is 44.3 Å². The summed E-state index contributed by atoms with van der Waals surface area (Å²) in [5, 5.41) is 2.23. The Balaban J connectivity index is 1.43. The third-order valence-electron chi connectivity index (χ3n) is 7.11. The van der Waals surface area contributed by atoms with E-state index in [1.165, 1.54) is 18.4 Å². The normalized spacial score (nSPS) is 18.7. The fraction of sp³-hybridized carbons (Fsp3) is 0.250. The van der Waals surface area contributed by atoms with Crippen molar-refractivity contribution in [1.82, 2.24) is 19.5 Å². The Morgan fingerprint density at radius 2 is 1.73 bits per heavy atom. The molecule has 3 aromatic heterocycles. The molecule has 0 saturated heterocycles. The van der Waals surface area contributed by atoms with Crippen LogP contribution in [-0.4, -0.2) is 26.1 Å². The fourth-order valence-corrected chi connectivity index (χ4v) is 5.21. The summed E-state index contributed by atoms with van der Waals surface area (Å²) in [7, 11) is 0. The first-order valence-corrected chi connectivity index (χ1v) is 11.8. The zero-order valence-electron chi connectivity index (χ0n) is 18.6. The highest BCUT2D eigenvalue weighted by molar-refractivity contribution is 5.96. The quantitative estimate of drug-likeness (QED) is 0.377. The van der Waals surface area contributed by atoms with Crippen LogP contribution >= 0.6 is 0 Å². The van der Waals surface area contributed by atoms with E-state index in [0.29, 0.717) is 12.0 Å². The van der Waals surface area contributed by atoms with E-state index in [2.05, 4.69) is 63.2 Å². The highest BCUT2D eigenvalue weighted by Crippen LogP contribution is 2.38. The number of aromatic nitrogens is 4. The van der Waals surface area contributed by atoms with Crippen molar-refractivity contribution in [1.29, 1.82) is 0 Å². The van der Waals surface area contributed by atoms with Gasteiger partial charge in [-0.25, -0.2) is 15.0 Å². The van der Waals surface area contributed by atoms with Gasteiger partial charge < -0.3 is 10.3 Å². The Kier molecular flexibility index (Phi) is 5.11. The van der Waals surface area contributed by atoms with E-state index in [-0.39, 0.29) is 0 Å². The number of hydrogen-bond donors (Lipinski definition) is 1. The van der Waals surface area contributed by atoms with Gasteiger partial charge in [0.05, 0.1) is 11.2 Å². The summed E-state index contributed by atoms with van der Waals surface area (Å²) in [5.74, 6) is 0.655. The van der Waals surface area contributed by atoms with Crippen LogP contribution in [0.15, 0.2) is 79.4 Å². The third-order valence-corrected chi connectivity index (χ3v) is 7.11. The van der Waals surface area contributed by atoms with Crippen LogP contribution < -0.4 is 5.73 Å². The zero-order chi connectivity index (χ0) is 22.2. The second-order valence-electron chi connectivity index (χ2n) is 9.09. The van der Waals surface area contributed by atoms with Crippen molar-refractivity contribution < 1.29 is 0 Å². The van der Waals surface area contributed by atoms with Gasteiger partial charge in [-0.2, -0.15) is 0 Å². The summed E-state index contributed by atoms with van der Waals surface area (Å²) < 4.78 is 2.37. The number of benzene rings is 2. The molecule has 5 heteroatoms. The van der Waals surface area contributed by atoms with E-state index >= 15 is 0 Å². The average molecular weight is 434 g/mol. The molecule has 33 heavy (non-hydrogen) atoms. The predicted molar refractivity (Wildman–Crippen MR) is 134 cm³/mol. The Morgan fingerprint density at radius 1 is 0.909 bits per heavy atom. The molecule has 1 aliphatic rings. The maximum absolute atomic E-state index is 5.92. The van der Waals surface area contributed by atoms with Crippen LogP contribution in [0.4, 0.5) is 0 Å². The molecule has 1 saturated carbocycles. The van der Waals surface area contributed by atoms with Gasteiger partial charge in [-0.1, -0.05) is 48.5 Å². The molecule has 1 aliphatic carbocycles. The molecule has 0 aliphatic heterocycles. The van der Waals surface area contributed by atoms with Crippen LogP contribution in [0.3, 0.4) is 0 Å². The minimum Gasteiger partial charge on any atom is -0.330 e. The van der Waals surface area contributed by atoms with Crippen LogP contribution in [0, 0.1) is 5.92 Å². The van der Waals surface area contributed by atoms with Gasteiger partial charge in [0.1, 0.15) is 12.0 Å². The maximum Gasteiger partial charge on any atom is 0.144 e. The Labute approximate surface area is 193 Å². The lowest BCUT2D eigenvalue weighted by molar-refractivity contribution is 0.283. The van der Waals surface area contributed by atoms with Gasteiger partial charge in [0.15, 0.2) is 0 Å². The van der Waals surface area contributed by atoms with Crippen molar-refractivity contribution in [2.45, 2.75) is 31.7 Å². The van der Waals surface area contributed by atoms with E-state index in [1.54, 1.807) is 6.33 Å². The van der Waals surface area contributed by atoms with E-state index in [1.807, 2.05) is 24.4 Å². The predicted octanol–water partition coefficient (Wildman–Crippen LogP) is 6.00. The zero-order valence-corrected chi connectivity index (χ0v) is 18.6. The number of pyridine rings is 1. The second kappa shape index (κ2) is 8.41. The molecule has 6 rings (SSSR count). The lowest BCUT2D eigenvalue weighted by Crippen LogP contribution is -2.23. The molecule has 5 aromatic rings. The summed E-state index contributed by atoms with van der Waals surface area (Å²) >= 11 is 0. The molecular weight excluding hydrogens is 406 g/mol. The molecule has 0 atom stereocenters. The van der Waals surface area contributed by atoms with Gasteiger partial charge in [0, 0.05) is 40.3 Å². The van der Waals surface area contributed by atoms with E-state index < -0.39 is 0 Å². The summed E-state index contributed by atoms with van der Waals surface area (Å²) in [6.45, 7) is 0.793. The van der Waals surface area contributed by atoms with Crippen molar-refractivity contribution >= 4 is 21.9 Å². The largest absolute Gasteiger partial charge is 0.330 e. The first-order chi connectivity index (χ1) is 16.3. The van der Waals surface area contributed by atoms with Crippen molar-refractivity contribution in [3.8, 4) is 22.4 Å². The van der Waals surface area contributed by atoms with Crippen molar-refractivity contribution in [3.05, 3.63) is 79.4 Å². The summed E-state index contributed by atoms with van der Waals surface area (Å²) in [5.41, 5.74) is 12.4. The molecule has 0 spiro atoms. The van der Waals surface area contributed by atoms with Crippen LogP contribution in [0.5, 0.6) is 0 Å². The van der Waals surface area contributed by atoms with Crippen molar-refractivity contribution in [3.63, 3.8) is 0 Å². The molecule has 0 radical (unpaired) electrons. The second-order valence-corrected chi connectivity index (χ2v) is 9.09. The number of hydrogen-bond acceptors (Lipinski definition) is 4. The molecular formula is C28H27N5. The smallest absolute Gasteiger partial charge is 0.144 e. The highest BCUT2D eigenvalue weighted by Gasteiger charge is 2.24. The van der Waals surface area contributed by atoms with Gasteiger partial charge in [0.25, 0.3) is 0 Å². The molecule has 0 bridgehead atoms. The van der Waals surface area contributed by atoms with Gasteiger partial charge in [-0.3, -0.25) is 0 Å². The summed E-state index contributed by atoms with van der Waals surface area (Å²) in [6, 6.07) is 21.6. The number of rotatable bonds is 4. The monoisotopic (exact) mass is 433 g/mol. The molecule has 5 nitrogen and oxygen atoms in total. The molecule has 2 N–H and O–H groups in total. The molecule has 3 heterocycles. The van der Waals surface area contributed by atoms with Crippen molar-refractivity contribution in [2.24, 2.45) is 11.7 Å². The maximum atomic E-state index is 5.92. The van der Waals surface area contributed by atoms with Gasteiger partial charge >= 0.3 is 0 Å². The lowest BCUT2D eigenvalue weighted by Gasteiger charge is -2.29. The fourth-order valence-electron chi connectivity index (χ4n) is 5.21. The minimum atomic E-state index is 0.460. The number of nitrogens with two attached hydrogens (primary N) is 1. The number of nitrogens with zero attached hydrogens (tertiary/aromatic N) is 4. The standard InChI is InChI=1S/C28H27N5/c29-15-19-6-11-23(12-7-19)33-17-25(24-16-30-18-31-28(24)33)22-9-8-21-10-13-26(32-27(21)14-22)20-4-2-1-3-5-20/h1-5,8-10,13-14,16-19,23H,6-7,11-12,15,29H2. The van der Waals surface area contributed by atoms with E-state index in [4.69, 9.17) is 10.7 Å². The third kappa shape index (κ3) is 3.68. The Hall–Kier alpha value is -3.57. The molecule has 2 aromatic carbocycles. The molecule has 164 valence electrons. The summed E-state index contributed by atoms with van der Waals surface area (Å²) in [4.78, 5) is 14.0. The van der Waals surface area contributed by atoms with Gasteiger partial charge in [0.2, 0.25) is 0 Å². The Bertz CT molecular complexity index is 1410. The molecule has 0 unspecified atom stereocenters. The number of fused-ring (bicyclic) bond motifs is 2. The topological polar surface area (TPSA) is 69.6 Å². The molecule has 1 fully saturated rings. The minimum absolute atomic E-state index is 0.460. The van der Waals surface area contributed by atoms with E-state index in [9.17, 15) is 0 Å². The SMILES string of the molecule is NCC1CCC(n2cc(-c3ccc4ccc(-c5ccccc5)nc4c3)c3cncnc32)CC1.